The second-order valence-corrected chi connectivity index (χ2v) is 7.44. The average Bonchev–Trinajstić information content (AvgIpc) is 3.43. The van der Waals surface area contributed by atoms with Gasteiger partial charge in [-0.25, -0.2) is 0 Å². The number of carbonyl (C=O) groups excluding carboxylic acids is 1. The van der Waals surface area contributed by atoms with E-state index in [1.165, 1.54) is 0 Å². The van der Waals surface area contributed by atoms with Crippen molar-refractivity contribution in [2.45, 2.75) is 50.4 Å². The van der Waals surface area contributed by atoms with Gasteiger partial charge in [0.2, 0.25) is 6.29 Å². The number of benzene rings is 1. The van der Waals surface area contributed by atoms with Crippen LogP contribution in [0.3, 0.4) is 0 Å². The maximum atomic E-state index is 12.4. The number of allylic oxidation sites excluding steroid dienone is 1. The van der Waals surface area contributed by atoms with Gasteiger partial charge >= 0.3 is 0 Å². The lowest BCUT2D eigenvalue weighted by Crippen LogP contribution is -2.34. The van der Waals surface area contributed by atoms with Crippen molar-refractivity contribution < 1.29 is 19.4 Å². The number of hydrogen-bond acceptors (Lipinski definition) is 4. The summed E-state index contributed by atoms with van der Waals surface area (Å²) in [5.41, 5.74) is 1.13. The molecule has 2 atom stereocenters. The van der Waals surface area contributed by atoms with Crippen LogP contribution >= 0.6 is 15.9 Å². The van der Waals surface area contributed by atoms with E-state index in [0.717, 1.165) is 29.3 Å². The Bertz CT molecular complexity index is 612. The quantitative estimate of drug-likeness (QED) is 0.646. The molecule has 1 fully saturated rings. The molecule has 2 aliphatic rings. The van der Waals surface area contributed by atoms with Gasteiger partial charge in [-0.15, -0.1) is 0 Å². The van der Waals surface area contributed by atoms with Gasteiger partial charge in [0.15, 0.2) is 5.76 Å². The Morgan fingerprint density at radius 1 is 1.28 bits per heavy atom. The maximum Gasteiger partial charge on any atom is 0.286 e. The fraction of sp³-hybridized carbons (Fsp3) is 0.526. The summed E-state index contributed by atoms with van der Waals surface area (Å²) >= 11 is 3.45. The number of ether oxygens (including phenoxy) is 2. The largest absolute Gasteiger partial charge is 0.459 e. The molecule has 1 aliphatic carbocycles. The van der Waals surface area contributed by atoms with Crippen LogP contribution in [0.1, 0.15) is 43.6 Å². The third-order valence-corrected chi connectivity index (χ3v) is 4.88. The molecule has 0 spiro atoms. The Labute approximate surface area is 156 Å². The molecule has 0 unspecified atom stereocenters. The lowest BCUT2D eigenvalue weighted by atomic mass is 9.93. The minimum Gasteiger partial charge on any atom is -0.459 e. The van der Waals surface area contributed by atoms with Crippen molar-refractivity contribution in [3.63, 3.8) is 0 Å². The van der Waals surface area contributed by atoms with Crippen LogP contribution in [0.2, 0.25) is 0 Å². The van der Waals surface area contributed by atoms with Gasteiger partial charge in [-0.3, -0.25) is 4.79 Å². The van der Waals surface area contributed by atoms with E-state index in [-0.39, 0.29) is 24.5 Å². The number of rotatable bonds is 8. The average molecular weight is 410 g/mol. The highest BCUT2D eigenvalue weighted by Gasteiger charge is 2.31. The highest BCUT2D eigenvalue weighted by atomic mass is 79.9. The first-order valence-corrected chi connectivity index (χ1v) is 9.62. The van der Waals surface area contributed by atoms with Crippen LogP contribution in [0.15, 0.2) is 40.6 Å². The highest BCUT2D eigenvalue weighted by molar-refractivity contribution is 9.10. The van der Waals surface area contributed by atoms with Crippen LogP contribution in [-0.2, 0) is 14.3 Å². The minimum atomic E-state index is -0.447. The molecule has 1 aromatic rings. The normalized spacial score (nSPS) is 22.9. The minimum absolute atomic E-state index is 0.0737. The zero-order chi connectivity index (χ0) is 17.6. The van der Waals surface area contributed by atoms with E-state index in [0.29, 0.717) is 25.2 Å². The number of nitrogens with one attached hydrogen (secondary N) is 1. The van der Waals surface area contributed by atoms with Gasteiger partial charge in [0.1, 0.15) is 0 Å². The highest BCUT2D eigenvalue weighted by Crippen LogP contribution is 2.32. The Morgan fingerprint density at radius 3 is 2.72 bits per heavy atom. The Hall–Kier alpha value is -1.37. The molecular formula is C19H24BrNO4. The first-order valence-electron chi connectivity index (χ1n) is 8.83. The van der Waals surface area contributed by atoms with Gasteiger partial charge in [0, 0.05) is 29.5 Å². The summed E-state index contributed by atoms with van der Waals surface area (Å²) in [6.45, 7) is 0.668. The van der Waals surface area contributed by atoms with Gasteiger partial charge < -0.3 is 19.9 Å². The second-order valence-electron chi connectivity index (χ2n) is 6.52. The SMILES string of the molecule is O=C(NC1CC1)C1=C[C@@H](c2ccc(Br)cc2)C[C@@H](OCCCCO)O1. The van der Waals surface area contributed by atoms with E-state index < -0.39 is 6.29 Å². The summed E-state index contributed by atoms with van der Waals surface area (Å²) in [4.78, 5) is 12.4. The third-order valence-electron chi connectivity index (χ3n) is 4.35. The van der Waals surface area contributed by atoms with E-state index in [4.69, 9.17) is 14.6 Å². The molecule has 5 nitrogen and oxygen atoms in total. The van der Waals surface area contributed by atoms with Crippen molar-refractivity contribution in [3.05, 3.63) is 46.1 Å². The van der Waals surface area contributed by atoms with Crippen molar-refractivity contribution in [1.29, 1.82) is 0 Å². The van der Waals surface area contributed by atoms with E-state index >= 15 is 0 Å². The summed E-state index contributed by atoms with van der Waals surface area (Å²) in [6, 6.07) is 8.39. The van der Waals surface area contributed by atoms with Crippen molar-refractivity contribution in [2.24, 2.45) is 0 Å². The smallest absolute Gasteiger partial charge is 0.286 e. The zero-order valence-corrected chi connectivity index (χ0v) is 15.7. The molecule has 1 aromatic carbocycles. The van der Waals surface area contributed by atoms with E-state index in [9.17, 15) is 4.79 Å². The molecule has 0 saturated heterocycles. The van der Waals surface area contributed by atoms with Crippen LogP contribution in [0.5, 0.6) is 0 Å². The van der Waals surface area contributed by atoms with E-state index in [1.54, 1.807) is 0 Å². The van der Waals surface area contributed by atoms with Crippen molar-refractivity contribution in [1.82, 2.24) is 5.32 Å². The molecule has 0 aromatic heterocycles. The molecule has 2 N–H and O–H groups in total. The van der Waals surface area contributed by atoms with Gasteiger partial charge in [0.05, 0.1) is 6.61 Å². The Kier molecular flexibility index (Phi) is 6.51. The summed E-state index contributed by atoms with van der Waals surface area (Å²) in [5.74, 6) is 0.260. The number of amides is 1. The zero-order valence-electron chi connectivity index (χ0n) is 14.1. The molecule has 3 rings (SSSR count). The Morgan fingerprint density at radius 2 is 2.04 bits per heavy atom. The van der Waals surface area contributed by atoms with Gasteiger partial charge in [-0.2, -0.15) is 0 Å². The number of halogens is 1. The van der Waals surface area contributed by atoms with Gasteiger partial charge in [0.25, 0.3) is 5.91 Å². The third kappa shape index (κ3) is 5.56. The molecule has 0 radical (unpaired) electrons. The monoisotopic (exact) mass is 409 g/mol. The van der Waals surface area contributed by atoms with Gasteiger partial charge in [-0.05, 0) is 49.5 Å². The van der Waals surface area contributed by atoms with Crippen molar-refractivity contribution in [3.8, 4) is 0 Å². The van der Waals surface area contributed by atoms with E-state index in [2.05, 4.69) is 33.4 Å². The molecular weight excluding hydrogens is 386 g/mol. The summed E-state index contributed by atoms with van der Waals surface area (Å²) < 4.78 is 12.6. The van der Waals surface area contributed by atoms with Gasteiger partial charge in [-0.1, -0.05) is 28.1 Å². The fourth-order valence-electron chi connectivity index (χ4n) is 2.77. The predicted molar refractivity (Wildman–Crippen MR) is 97.9 cm³/mol. The lowest BCUT2D eigenvalue weighted by molar-refractivity contribution is -0.146. The van der Waals surface area contributed by atoms with Crippen LogP contribution in [0.25, 0.3) is 0 Å². The summed E-state index contributed by atoms with van der Waals surface area (Å²) in [6.07, 6.45) is 5.67. The van der Waals surface area contributed by atoms with Crippen molar-refractivity contribution >= 4 is 21.8 Å². The maximum absolute atomic E-state index is 12.4. The number of unbranched alkanes of at least 4 members (excludes halogenated alkanes) is 1. The number of aliphatic hydroxyl groups is 1. The standard InChI is InChI=1S/C19H24BrNO4/c20-15-5-3-13(4-6-15)14-11-17(19(23)21-16-7-8-16)25-18(12-14)24-10-2-1-9-22/h3-6,11,14,16,18,22H,1-2,7-10,12H2,(H,21,23)/t14-,18+/m1/s1. The predicted octanol–water partition coefficient (Wildman–Crippen LogP) is 3.23. The number of carbonyl (C=O) groups is 1. The molecule has 1 amide bonds. The van der Waals surface area contributed by atoms with Crippen LogP contribution in [0, 0.1) is 0 Å². The van der Waals surface area contributed by atoms with E-state index in [1.807, 2.05) is 18.2 Å². The van der Waals surface area contributed by atoms with Crippen LogP contribution in [-0.4, -0.2) is 36.6 Å². The molecule has 1 saturated carbocycles. The topological polar surface area (TPSA) is 67.8 Å². The lowest BCUT2D eigenvalue weighted by Gasteiger charge is -2.29. The molecule has 6 heteroatoms. The molecule has 1 aliphatic heterocycles. The van der Waals surface area contributed by atoms with Crippen LogP contribution in [0.4, 0.5) is 0 Å². The van der Waals surface area contributed by atoms with Crippen molar-refractivity contribution in [2.75, 3.05) is 13.2 Å². The molecule has 1 heterocycles. The fourth-order valence-corrected chi connectivity index (χ4v) is 3.04. The summed E-state index contributed by atoms with van der Waals surface area (Å²) in [5, 5.41) is 11.8. The molecule has 25 heavy (non-hydrogen) atoms. The first-order chi connectivity index (χ1) is 12.2. The Balaban J connectivity index is 1.69. The number of hydrogen-bond donors (Lipinski definition) is 2. The summed E-state index contributed by atoms with van der Waals surface area (Å²) in [7, 11) is 0. The van der Waals surface area contributed by atoms with Crippen LogP contribution < -0.4 is 5.32 Å². The number of aliphatic hydroxyl groups excluding tert-OH is 1. The second kappa shape index (κ2) is 8.83. The first kappa shape index (κ1) is 18.4. The molecule has 0 bridgehead atoms. The molecule has 136 valence electrons.